The molecule has 0 saturated heterocycles. The smallest absolute Gasteiger partial charge is 0.136 e. The molecule has 4 fully saturated rings. The van der Waals surface area contributed by atoms with Gasteiger partial charge >= 0.3 is 0 Å². The zero-order valence-corrected chi connectivity index (χ0v) is 14.8. The summed E-state index contributed by atoms with van der Waals surface area (Å²) in [6.45, 7) is 7.12. The average Bonchev–Trinajstić information content (AvgIpc) is 2.87. The lowest BCUT2D eigenvalue weighted by molar-refractivity contribution is -0.135. The molecule has 0 aromatic carbocycles. The highest BCUT2D eigenvalue weighted by atomic mass is 16.1. The monoisotopic (exact) mass is 302 g/mol. The van der Waals surface area contributed by atoms with Gasteiger partial charge in [-0.15, -0.1) is 0 Å². The lowest BCUT2D eigenvalue weighted by Crippen LogP contribution is -2.49. The van der Waals surface area contributed by atoms with Crippen LogP contribution in [0.1, 0.15) is 78.6 Å². The molecule has 124 valence electrons. The topological polar surface area (TPSA) is 17.1 Å². The van der Waals surface area contributed by atoms with Crippen molar-refractivity contribution in [2.75, 3.05) is 0 Å². The minimum absolute atomic E-state index is 0.372. The number of rotatable bonds is 1. The van der Waals surface area contributed by atoms with Gasteiger partial charge < -0.3 is 0 Å². The molecule has 0 spiro atoms. The highest BCUT2D eigenvalue weighted by molar-refractivity contribution is 5.82. The summed E-state index contributed by atoms with van der Waals surface area (Å²) in [6.07, 6.45) is 12.3. The Labute approximate surface area is 136 Å². The van der Waals surface area contributed by atoms with E-state index in [-0.39, 0.29) is 0 Å². The van der Waals surface area contributed by atoms with Gasteiger partial charge in [0.05, 0.1) is 0 Å². The molecule has 0 amide bonds. The molecule has 0 heterocycles. The van der Waals surface area contributed by atoms with Crippen LogP contribution in [0.5, 0.6) is 0 Å². The van der Waals surface area contributed by atoms with Crippen molar-refractivity contribution in [3.05, 3.63) is 0 Å². The van der Waals surface area contributed by atoms with Crippen molar-refractivity contribution >= 4 is 5.78 Å². The third-order valence-corrected chi connectivity index (χ3v) is 8.51. The highest BCUT2D eigenvalue weighted by Crippen LogP contribution is 2.62. The van der Waals surface area contributed by atoms with E-state index in [1.54, 1.807) is 0 Å². The second-order valence-corrected chi connectivity index (χ2v) is 9.78. The fraction of sp³-hybridized carbons (Fsp3) is 0.952. The van der Waals surface area contributed by atoms with E-state index in [0.717, 1.165) is 36.0 Å². The lowest BCUT2D eigenvalue weighted by Gasteiger charge is -2.55. The van der Waals surface area contributed by atoms with Gasteiger partial charge in [0.15, 0.2) is 0 Å². The predicted molar refractivity (Wildman–Crippen MR) is 90.4 cm³/mol. The maximum absolute atomic E-state index is 12.5. The van der Waals surface area contributed by atoms with Gasteiger partial charge in [0.25, 0.3) is 0 Å². The van der Waals surface area contributed by atoms with Crippen LogP contribution in [-0.4, -0.2) is 5.78 Å². The first-order valence-electron chi connectivity index (χ1n) is 10.0. The van der Waals surface area contributed by atoms with Gasteiger partial charge in [-0.25, -0.2) is 0 Å². The molecule has 4 saturated carbocycles. The molecule has 0 aliphatic heterocycles. The molecular formula is C21H34O. The van der Waals surface area contributed by atoms with Crippen molar-refractivity contribution in [1.29, 1.82) is 0 Å². The minimum atomic E-state index is 0.372. The Hall–Kier alpha value is -0.330. The summed E-state index contributed by atoms with van der Waals surface area (Å²) in [5.41, 5.74) is 0.677. The summed E-state index contributed by atoms with van der Waals surface area (Å²) in [5.74, 6) is 6.13. The van der Waals surface area contributed by atoms with Crippen molar-refractivity contribution in [2.45, 2.75) is 78.6 Å². The second kappa shape index (κ2) is 5.35. The Morgan fingerprint density at radius 2 is 1.82 bits per heavy atom. The molecule has 4 rings (SSSR count). The summed E-state index contributed by atoms with van der Waals surface area (Å²) >= 11 is 0. The van der Waals surface area contributed by atoms with E-state index in [2.05, 4.69) is 20.8 Å². The molecule has 0 radical (unpaired) electrons. The number of hydrogen-bond acceptors (Lipinski definition) is 1. The Bertz CT molecular complexity index is 453. The van der Waals surface area contributed by atoms with E-state index >= 15 is 0 Å². The molecule has 7 atom stereocenters. The van der Waals surface area contributed by atoms with E-state index in [9.17, 15) is 4.79 Å². The SMILES string of the molecule is CC(C)[C@H]1C[C@H]2[C@@H](CC[C@@H]3[C@@H]2CC[C@]2(C)CCC[C@@H]32)CC1=O. The first kappa shape index (κ1) is 15.2. The van der Waals surface area contributed by atoms with E-state index < -0.39 is 0 Å². The minimum Gasteiger partial charge on any atom is -0.299 e. The van der Waals surface area contributed by atoms with Crippen LogP contribution < -0.4 is 0 Å². The van der Waals surface area contributed by atoms with Crippen LogP contribution in [0.15, 0.2) is 0 Å². The molecule has 0 N–H and O–H groups in total. The number of Topliss-reactive ketones (excluding diaryl/α,β-unsaturated/α-hetero) is 1. The zero-order valence-electron chi connectivity index (χ0n) is 14.8. The van der Waals surface area contributed by atoms with Crippen LogP contribution in [0, 0.1) is 46.8 Å². The van der Waals surface area contributed by atoms with Gasteiger partial charge in [-0.2, -0.15) is 0 Å². The number of carbonyl (C=O) groups excluding carboxylic acids is 1. The quantitative estimate of drug-likeness (QED) is 0.627. The van der Waals surface area contributed by atoms with Gasteiger partial charge in [-0.05, 0) is 85.9 Å². The van der Waals surface area contributed by atoms with Crippen molar-refractivity contribution in [1.82, 2.24) is 0 Å². The normalized spacial score (nSPS) is 51.4. The van der Waals surface area contributed by atoms with Gasteiger partial charge in [-0.3, -0.25) is 4.79 Å². The lowest BCUT2D eigenvalue weighted by atomic mass is 9.49. The van der Waals surface area contributed by atoms with Gasteiger partial charge in [0.2, 0.25) is 0 Å². The molecule has 22 heavy (non-hydrogen) atoms. The van der Waals surface area contributed by atoms with Crippen molar-refractivity contribution in [3.63, 3.8) is 0 Å². The first-order chi connectivity index (χ1) is 10.5. The Balaban J connectivity index is 1.57. The van der Waals surface area contributed by atoms with Crippen molar-refractivity contribution in [3.8, 4) is 0 Å². The predicted octanol–water partition coefficient (Wildman–Crippen LogP) is 5.48. The van der Waals surface area contributed by atoms with Crippen LogP contribution in [0.25, 0.3) is 0 Å². The average molecular weight is 303 g/mol. The maximum Gasteiger partial charge on any atom is 0.136 e. The van der Waals surface area contributed by atoms with Crippen LogP contribution in [-0.2, 0) is 4.79 Å². The first-order valence-corrected chi connectivity index (χ1v) is 10.0. The van der Waals surface area contributed by atoms with Crippen LogP contribution in [0.2, 0.25) is 0 Å². The van der Waals surface area contributed by atoms with Crippen molar-refractivity contribution in [2.24, 2.45) is 46.8 Å². The van der Waals surface area contributed by atoms with E-state index in [1.165, 1.54) is 51.4 Å². The second-order valence-electron chi connectivity index (χ2n) is 9.78. The third kappa shape index (κ3) is 2.21. The molecular weight excluding hydrogens is 268 g/mol. The number of ketones is 1. The molecule has 4 aliphatic carbocycles. The molecule has 0 aromatic rings. The number of hydrogen-bond donors (Lipinski definition) is 0. The van der Waals surface area contributed by atoms with E-state index in [0.29, 0.717) is 23.0 Å². The van der Waals surface area contributed by atoms with Crippen LogP contribution in [0.3, 0.4) is 0 Å². The fourth-order valence-electron chi connectivity index (χ4n) is 7.33. The molecule has 1 nitrogen and oxygen atoms in total. The van der Waals surface area contributed by atoms with Crippen molar-refractivity contribution < 1.29 is 4.79 Å². The molecule has 0 unspecified atom stereocenters. The molecule has 4 aliphatic rings. The maximum atomic E-state index is 12.5. The molecule has 1 heteroatoms. The Morgan fingerprint density at radius 3 is 2.59 bits per heavy atom. The highest BCUT2D eigenvalue weighted by Gasteiger charge is 2.54. The van der Waals surface area contributed by atoms with Gasteiger partial charge in [0.1, 0.15) is 5.78 Å². The summed E-state index contributed by atoms with van der Waals surface area (Å²) in [4.78, 5) is 12.5. The summed E-state index contributed by atoms with van der Waals surface area (Å²) in [7, 11) is 0. The Kier molecular flexibility index (Phi) is 3.70. The third-order valence-electron chi connectivity index (χ3n) is 8.51. The van der Waals surface area contributed by atoms with E-state index in [1.807, 2.05) is 0 Å². The van der Waals surface area contributed by atoms with Crippen LogP contribution >= 0.6 is 0 Å². The van der Waals surface area contributed by atoms with Gasteiger partial charge in [0, 0.05) is 12.3 Å². The molecule has 0 bridgehead atoms. The Morgan fingerprint density at radius 1 is 1.00 bits per heavy atom. The summed E-state index contributed by atoms with van der Waals surface area (Å²) in [5, 5.41) is 0. The molecule has 0 aromatic heterocycles. The number of fused-ring (bicyclic) bond motifs is 5. The summed E-state index contributed by atoms with van der Waals surface area (Å²) in [6, 6.07) is 0. The number of carbonyl (C=O) groups is 1. The van der Waals surface area contributed by atoms with Gasteiger partial charge in [-0.1, -0.05) is 27.2 Å². The van der Waals surface area contributed by atoms with E-state index in [4.69, 9.17) is 0 Å². The fourth-order valence-corrected chi connectivity index (χ4v) is 7.33. The van der Waals surface area contributed by atoms with Crippen LogP contribution in [0.4, 0.5) is 0 Å². The zero-order chi connectivity index (χ0) is 15.5. The largest absolute Gasteiger partial charge is 0.299 e. The standard InChI is InChI=1S/C21H34O/c1-13(2)17-12-18-14(11-20(17)22)6-7-16-15(18)8-10-21(3)9-4-5-19(16)21/h13-19H,4-12H2,1-3H3/t14-,15-,16+,17+,18-,19-,21-/m0/s1. The summed E-state index contributed by atoms with van der Waals surface area (Å²) < 4.78 is 0.